The Kier molecular flexibility index (Phi) is 4.47. The summed E-state index contributed by atoms with van der Waals surface area (Å²) >= 11 is 0. The lowest BCUT2D eigenvalue weighted by Gasteiger charge is -2.35. The predicted octanol–water partition coefficient (Wildman–Crippen LogP) is 1.58. The average Bonchev–Trinajstić information content (AvgIpc) is 3.26. The minimum absolute atomic E-state index is 0.0309. The zero-order valence-corrected chi connectivity index (χ0v) is 15.1. The number of amidine groups is 1. The highest BCUT2D eigenvalue weighted by Gasteiger charge is 2.45. The van der Waals surface area contributed by atoms with Gasteiger partial charge in [-0.05, 0) is 19.8 Å². The van der Waals surface area contributed by atoms with Crippen LogP contribution < -0.4 is 5.32 Å². The summed E-state index contributed by atoms with van der Waals surface area (Å²) in [6.07, 6.45) is 1.82. The number of hydrogen-bond donors (Lipinski definition) is 1. The third-order valence-corrected chi connectivity index (χ3v) is 5.09. The normalized spacial score (nSPS) is 18.5. The van der Waals surface area contributed by atoms with E-state index in [9.17, 15) is 9.59 Å². The number of benzene rings is 1. The van der Waals surface area contributed by atoms with E-state index >= 15 is 0 Å². The quantitative estimate of drug-likeness (QED) is 0.884. The molecule has 0 atom stereocenters. The number of carbonyl (C=O) groups is 2. The van der Waals surface area contributed by atoms with Crippen LogP contribution >= 0.6 is 0 Å². The second-order valence-corrected chi connectivity index (χ2v) is 6.94. The van der Waals surface area contributed by atoms with Gasteiger partial charge in [-0.1, -0.05) is 35.5 Å². The Balaban J connectivity index is 1.31. The van der Waals surface area contributed by atoms with Gasteiger partial charge in [0.15, 0.2) is 0 Å². The average molecular weight is 367 g/mol. The number of aliphatic imine (C=N–C) groups is 1. The number of aromatic nitrogens is 2. The molecule has 2 aliphatic rings. The lowest BCUT2D eigenvalue weighted by Crippen LogP contribution is -2.50. The molecule has 140 valence electrons. The van der Waals surface area contributed by atoms with Crippen molar-refractivity contribution < 1.29 is 14.1 Å². The topological polar surface area (TPSA) is 101 Å². The Bertz CT molecular complexity index is 882. The van der Waals surface area contributed by atoms with Crippen molar-refractivity contribution in [2.45, 2.75) is 38.1 Å². The highest BCUT2D eigenvalue weighted by Crippen LogP contribution is 2.30. The second kappa shape index (κ2) is 6.94. The molecule has 1 aromatic heterocycles. The molecule has 8 heteroatoms. The van der Waals surface area contributed by atoms with Crippen molar-refractivity contribution in [3.63, 3.8) is 0 Å². The highest BCUT2D eigenvalue weighted by molar-refractivity contribution is 6.07. The Hall–Kier alpha value is -3.03. The van der Waals surface area contributed by atoms with E-state index in [0.717, 1.165) is 5.56 Å². The smallest absolute Gasteiger partial charge is 0.253 e. The second-order valence-electron chi connectivity index (χ2n) is 6.94. The Morgan fingerprint density at radius 2 is 2.00 bits per heavy atom. The number of hydrogen-bond acceptors (Lipinski definition) is 6. The summed E-state index contributed by atoms with van der Waals surface area (Å²) in [5.41, 5.74) is 0.198. The maximum absolute atomic E-state index is 12.5. The molecule has 1 aromatic carbocycles. The van der Waals surface area contributed by atoms with Crippen molar-refractivity contribution in [3.8, 4) is 11.4 Å². The van der Waals surface area contributed by atoms with E-state index < -0.39 is 5.54 Å². The molecule has 4 rings (SSSR count). The van der Waals surface area contributed by atoms with Gasteiger partial charge in [0.25, 0.3) is 5.91 Å². The molecule has 2 aromatic rings. The molecule has 8 nitrogen and oxygen atoms in total. The first-order valence-corrected chi connectivity index (χ1v) is 9.09. The van der Waals surface area contributed by atoms with E-state index in [2.05, 4.69) is 20.4 Å². The van der Waals surface area contributed by atoms with Crippen LogP contribution in [0.25, 0.3) is 11.4 Å². The fraction of sp³-hybridized carbons (Fsp3) is 0.421. The summed E-state index contributed by atoms with van der Waals surface area (Å²) in [4.78, 5) is 35.2. The van der Waals surface area contributed by atoms with Gasteiger partial charge in [0.1, 0.15) is 11.4 Å². The zero-order chi connectivity index (χ0) is 18.9. The standard InChI is InChI=1S/C19H21N5O3/c1-13-20-18(26)19(22-13)9-11-24(12-10-19)16(25)8-7-15-21-17(23-27-15)14-5-3-2-4-6-14/h2-6H,7-12H2,1H3,(H,20,22,26). The zero-order valence-electron chi connectivity index (χ0n) is 15.1. The van der Waals surface area contributed by atoms with Crippen molar-refractivity contribution in [3.05, 3.63) is 36.2 Å². The van der Waals surface area contributed by atoms with Gasteiger partial charge >= 0.3 is 0 Å². The van der Waals surface area contributed by atoms with Crippen LogP contribution in [-0.2, 0) is 16.0 Å². The number of nitrogens with one attached hydrogen (secondary N) is 1. The summed E-state index contributed by atoms with van der Waals surface area (Å²) in [6, 6.07) is 9.56. The molecule has 0 radical (unpaired) electrons. The minimum atomic E-state index is -0.683. The van der Waals surface area contributed by atoms with Crippen LogP contribution in [0.15, 0.2) is 39.8 Å². The number of amides is 2. The van der Waals surface area contributed by atoms with Gasteiger partial charge in [-0.3, -0.25) is 14.6 Å². The van der Waals surface area contributed by atoms with Crippen LogP contribution in [0.2, 0.25) is 0 Å². The van der Waals surface area contributed by atoms with E-state index in [1.54, 1.807) is 11.8 Å². The fourth-order valence-corrected chi connectivity index (χ4v) is 3.58. The van der Waals surface area contributed by atoms with E-state index in [1.165, 1.54) is 0 Å². The maximum atomic E-state index is 12.5. The van der Waals surface area contributed by atoms with Crippen molar-refractivity contribution in [2.24, 2.45) is 4.99 Å². The molecule has 27 heavy (non-hydrogen) atoms. The maximum Gasteiger partial charge on any atom is 0.253 e. The lowest BCUT2D eigenvalue weighted by atomic mass is 9.88. The van der Waals surface area contributed by atoms with Gasteiger partial charge in [-0.15, -0.1) is 0 Å². The first-order chi connectivity index (χ1) is 13.1. The van der Waals surface area contributed by atoms with Crippen LogP contribution in [0, 0.1) is 0 Å². The number of nitrogens with zero attached hydrogens (tertiary/aromatic N) is 4. The molecule has 1 saturated heterocycles. The Morgan fingerprint density at radius 1 is 1.26 bits per heavy atom. The van der Waals surface area contributed by atoms with Crippen molar-refractivity contribution in [1.82, 2.24) is 20.4 Å². The minimum Gasteiger partial charge on any atom is -0.342 e. The van der Waals surface area contributed by atoms with E-state index in [4.69, 9.17) is 4.52 Å². The number of likely N-dealkylation sites (tertiary alicyclic amines) is 1. The van der Waals surface area contributed by atoms with Gasteiger partial charge < -0.3 is 14.7 Å². The fourth-order valence-electron chi connectivity index (χ4n) is 3.58. The largest absolute Gasteiger partial charge is 0.342 e. The van der Waals surface area contributed by atoms with E-state index in [1.807, 2.05) is 30.3 Å². The third kappa shape index (κ3) is 3.47. The third-order valence-electron chi connectivity index (χ3n) is 5.09. The SMILES string of the molecule is CC1=NC2(CCN(C(=O)CCc3nc(-c4ccccc4)no3)CC2)C(=O)N1. The van der Waals surface area contributed by atoms with Gasteiger partial charge in [0.05, 0.1) is 0 Å². The van der Waals surface area contributed by atoms with Crippen molar-refractivity contribution in [1.29, 1.82) is 0 Å². The molecule has 1 fully saturated rings. The van der Waals surface area contributed by atoms with Crippen molar-refractivity contribution >= 4 is 17.6 Å². The number of piperidine rings is 1. The summed E-state index contributed by atoms with van der Waals surface area (Å²) < 4.78 is 5.26. The number of aryl methyl sites for hydroxylation is 1. The molecule has 0 aliphatic carbocycles. The molecule has 3 heterocycles. The van der Waals surface area contributed by atoms with Gasteiger partial charge in [0.2, 0.25) is 17.6 Å². The van der Waals surface area contributed by atoms with Crippen LogP contribution in [0.5, 0.6) is 0 Å². The summed E-state index contributed by atoms with van der Waals surface area (Å²) in [6.45, 7) is 2.85. The lowest BCUT2D eigenvalue weighted by molar-refractivity contribution is -0.135. The molecule has 1 spiro atoms. The molecule has 1 N–H and O–H groups in total. The van der Waals surface area contributed by atoms with Gasteiger partial charge in [0, 0.05) is 31.5 Å². The molecule has 0 unspecified atom stereocenters. The Morgan fingerprint density at radius 3 is 2.67 bits per heavy atom. The molecule has 0 saturated carbocycles. The van der Waals surface area contributed by atoms with Gasteiger partial charge in [-0.25, -0.2) is 0 Å². The van der Waals surface area contributed by atoms with Crippen LogP contribution in [-0.4, -0.2) is 51.3 Å². The predicted molar refractivity (Wildman–Crippen MR) is 97.9 cm³/mol. The Labute approximate surface area is 156 Å². The van der Waals surface area contributed by atoms with Gasteiger partial charge in [-0.2, -0.15) is 4.98 Å². The summed E-state index contributed by atoms with van der Waals surface area (Å²) in [5, 5.41) is 6.73. The van der Waals surface area contributed by atoms with Crippen molar-refractivity contribution in [2.75, 3.05) is 13.1 Å². The van der Waals surface area contributed by atoms with E-state index in [-0.39, 0.29) is 11.8 Å². The monoisotopic (exact) mass is 367 g/mol. The molecule has 2 amide bonds. The highest BCUT2D eigenvalue weighted by atomic mass is 16.5. The van der Waals surface area contributed by atoms with Crippen LogP contribution in [0.3, 0.4) is 0 Å². The molecular weight excluding hydrogens is 346 g/mol. The molecule has 2 aliphatic heterocycles. The summed E-state index contributed by atoms with van der Waals surface area (Å²) in [5.74, 6) is 1.62. The number of carbonyl (C=O) groups excluding carboxylic acids is 2. The molecule has 0 bridgehead atoms. The first kappa shape index (κ1) is 17.4. The van der Waals surface area contributed by atoms with Crippen LogP contribution in [0.1, 0.15) is 32.1 Å². The van der Waals surface area contributed by atoms with E-state index in [0.29, 0.717) is 56.3 Å². The molecular formula is C19H21N5O3. The number of rotatable bonds is 4. The first-order valence-electron chi connectivity index (χ1n) is 9.09. The van der Waals surface area contributed by atoms with Crippen LogP contribution in [0.4, 0.5) is 0 Å². The summed E-state index contributed by atoms with van der Waals surface area (Å²) in [7, 11) is 0.